The number of phenols is 1. The minimum absolute atomic E-state index is 0.177. The zero-order valence-electron chi connectivity index (χ0n) is 17.1. The topological polar surface area (TPSA) is 65.7 Å². The summed E-state index contributed by atoms with van der Waals surface area (Å²) in [6, 6.07) is 13.2. The average molecular weight is 392 g/mol. The molecular weight excluding hydrogens is 364 g/mol. The highest BCUT2D eigenvalue weighted by Gasteiger charge is 2.25. The Bertz CT molecular complexity index is 1010. The smallest absolute Gasteiger partial charge is 0.255 e. The summed E-state index contributed by atoms with van der Waals surface area (Å²) >= 11 is 0. The van der Waals surface area contributed by atoms with Crippen LogP contribution in [0.1, 0.15) is 47.0 Å². The maximum atomic E-state index is 13.1. The van der Waals surface area contributed by atoms with Gasteiger partial charge in [0.25, 0.3) is 5.91 Å². The molecule has 1 atom stereocenters. The molecular formula is C24H28N2O3. The standard InChI is InChI=1S/C24H28N2O3/c1-16-7-6-12-26(14-16)15-19-20(27)10-11-21-23(19)22(17(2)29-21)24(28)25-13-18-8-4-3-5-9-18/h3-5,8-11,16,27H,6-7,12-15H2,1-2H3,(H,25,28). The maximum absolute atomic E-state index is 13.1. The first kappa shape index (κ1) is 19.5. The van der Waals surface area contributed by atoms with Gasteiger partial charge >= 0.3 is 0 Å². The Morgan fingerprint density at radius 3 is 2.79 bits per heavy atom. The Kier molecular flexibility index (Phi) is 5.58. The van der Waals surface area contributed by atoms with Crippen molar-refractivity contribution < 1.29 is 14.3 Å². The Morgan fingerprint density at radius 1 is 1.24 bits per heavy atom. The van der Waals surface area contributed by atoms with Gasteiger partial charge in [-0.15, -0.1) is 0 Å². The van der Waals surface area contributed by atoms with Crippen LogP contribution in [0, 0.1) is 12.8 Å². The number of hydrogen-bond acceptors (Lipinski definition) is 4. The number of benzene rings is 2. The molecule has 4 rings (SSSR count). The van der Waals surface area contributed by atoms with E-state index >= 15 is 0 Å². The summed E-state index contributed by atoms with van der Waals surface area (Å²) in [5.41, 5.74) is 2.98. The van der Waals surface area contributed by atoms with Crippen molar-refractivity contribution in [3.8, 4) is 5.75 Å². The molecule has 0 aliphatic carbocycles. The van der Waals surface area contributed by atoms with Crippen LogP contribution in [0.3, 0.4) is 0 Å². The number of nitrogens with zero attached hydrogens (tertiary/aromatic N) is 1. The number of phenolic OH excluding ortho intramolecular Hbond substituents is 1. The van der Waals surface area contributed by atoms with Gasteiger partial charge in [-0.2, -0.15) is 0 Å². The molecule has 1 aliphatic heterocycles. The van der Waals surface area contributed by atoms with E-state index in [1.54, 1.807) is 19.1 Å². The summed E-state index contributed by atoms with van der Waals surface area (Å²) in [5, 5.41) is 14.4. The first-order valence-electron chi connectivity index (χ1n) is 10.3. The third-order valence-electron chi connectivity index (χ3n) is 5.76. The highest BCUT2D eigenvalue weighted by molar-refractivity contribution is 6.08. The van der Waals surface area contributed by atoms with Gasteiger partial charge in [-0.1, -0.05) is 37.3 Å². The molecule has 152 valence electrons. The van der Waals surface area contributed by atoms with Crippen molar-refractivity contribution in [1.82, 2.24) is 10.2 Å². The molecule has 2 N–H and O–H groups in total. The number of furan rings is 1. The third-order valence-corrected chi connectivity index (χ3v) is 5.76. The first-order valence-corrected chi connectivity index (χ1v) is 10.3. The van der Waals surface area contributed by atoms with E-state index in [4.69, 9.17) is 4.42 Å². The minimum Gasteiger partial charge on any atom is -0.508 e. The number of aromatic hydroxyl groups is 1. The molecule has 29 heavy (non-hydrogen) atoms. The molecule has 2 aromatic carbocycles. The second kappa shape index (κ2) is 8.29. The normalized spacial score (nSPS) is 17.5. The summed E-state index contributed by atoms with van der Waals surface area (Å²) in [7, 11) is 0. The number of amides is 1. The number of aryl methyl sites for hydroxylation is 1. The molecule has 0 bridgehead atoms. The molecule has 0 spiro atoms. The van der Waals surface area contributed by atoms with Crippen LogP contribution in [0.2, 0.25) is 0 Å². The molecule has 1 amide bonds. The first-order chi connectivity index (χ1) is 14.0. The summed E-state index contributed by atoms with van der Waals surface area (Å²) < 4.78 is 5.89. The van der Waals surface area contributed by atoms with E-state index in [2.05, 4.69) is 17.1 Å². The number of likely N-dealkylation sites (tertiary alicyclic amines) is 1. The number of fused-ring (bicyclic) bond motifs is 1. The quantitative estimate of drug-likeness (QED) is 0.666. The molecule has 0 saturated carbocycles. The van der Waals surface area contributed by atoms with Crippen LogP contribution < -0.4 is 5.32 Å². The fraction of sp³-hybridized carbons (Fsp3) is 0.375. The van der Waals surface area contributed by atoms with Crippen LogP contribution in [0.15, 0.2) is 46.9 Å². The second-order valence-corrected chi connectivity index (χ2v) is 8.12. The van der Waals surface area contributed by atoms with Crippen molar-refractivity contribution in [3.63, 3.8) is 0 Å². The number of rotatable bonds is 5. The molecule has 2 heterocycles. The van der Waals surface area contributed by atoms with Crippen LogP contribution in [0.4, 0.5) is 0 Å². The number of piperidine rings is 1. The summed E-state index contributed by atoms with van der Waals surface area (Å²) in [6.07, 6.45) is 2.40. The van der Waals surface area contributed by atoms with Gasteiger partial charge in [-0.3, -0.25) is 9.69 Å². The highest BCUT2D eigenvalue weighted by Crippen LogP contribution is 2.35. The lowest BCUT2D eigenvalue weighted by Gasteiger charge is -2.31. The molecule has 1 saturated heterocycles. The van der Waals surface area contributed by atoms with Crippen LogP contribution in [-0.2, 0) is 13.1 Å². The highest BCUT2D eigenvalue weighted by atomic mass is 16.3. The SMILES string of the molecule is Cc1oc2ccc(O)c(CN3CCCC(C)C3)c2c1C(=O)NCc1ccccc1. The molecule has 1 unspecified atom stereocenters. The number of nitrogens with one attached hydrogen (secondary N) is 1. The lowest BCUT2D eigenvalue weighted by molar-refractivity contribution is 0.0950. The summed E-state index contributed by atoms with van der Waals surface area (Å²) in [4.78, 5) is 15.4. The monoisotopic (exact) mass is 392 g/mol. The Balaban J connectivity index is 1.65. The van der Waals surface area contributed by atoms with Crippen molar-refractivity contribution in [2.75, 3.05) is 13.1 Å². The van der Waals surface area contributed by atoms with E-state index in [9.17, 15) is 9.90 Å². The van der Waals surface area contributed by atoms with Gasteiger partial charge in [0.15, 0.2) is 0 Å². The Hall–Kier alpha value is -2.79. The van der Waals surface area contributed by atoms with E-state index in [1.165, 1.54) is 6.42 Å². The Labute approximate surface area is 171 Å². The van der Waals surface area contributed by atoms with Crippen LogP contribution in [0.25, 0.3) is 11.0 Å². The van der Waals surface area contributed by atoms with Gasteiger partial charge in [0.1, 0.15) is 17.1 Å². The van der Waals surface area contributed by atoms with Crippen molar-refractivity contribution in [1.29, 1.82) is 0 Å². The largest absolute Gasteiger partial charge is 0.508 e. The molecule has 5 nitrogen and oxygen atoms in total. The van der Waals surface area contributed by atoms with Crippen LogP contribution in [-0.4, -0.2) is 29.0 Å². The van der Waals surface area contributed by atoms with Crippen molar-refractivity contribution in [3.05, 3.63) is 64.9 Å². The van der Waals surface area contributed by atoms with E-state index < -0.39 is 0 Å². The van der Waals surface area contributed by atoms with Crippen LogP contribution in [0.5, 0.6) is 5.75 Å². The maximum Gasteiger partial charge on any atom is 0.255 e. The van der Waals surface area contributed by atoms with Crippen LogP contribution >= 0.6 is 0 Å². The van der Waals surface area contributed by atoms with Gasteiger partial charge in [-0.05, 0) is 49.9 Å². The molecule has 5 heteroatoms. The van der Waals surface area contributed by atoms with Crippen molar-refractivity contribution in [2.24, 2.45) is 5.92 Å². The van der Waals surface area contributed by atoms with Crippen molar-refractivity contribution >= 4 is 16.9 Å². The summed E-state index contributed by atoms with van der Waals surface area (Å²) in [6.45, 7) is 7.14. The second-order valence-electron chi connectivity index (χ2n) is 8.12. The third kappa shape index (κ3) is 4.15. The molecule has 1 aliphatic rings. The number of carbonyl (C=O) groups is 1. The predicted molar refractivity (Wildman–Crippen MR) is 114 cm³/mol. The molecule has 1 aromatic heterocycles. The zero-order chi connectivity index (χ0) is 20.4. The van der Waals surface area contributed by atoms with Gasteiger partial charge in [-0.25, -0.2) is 0 Å². The number of carbonyl (C=O) groups excluding carboxylic acids is 1. The average Bonchev–Trinajstić information content (AvgIpc) is 3.05. The lowest BCUT2D eigenvalue weighted by Crippen LogP contribution is -2.33. The Morgan fingerprint density at radius 2 is 2.03 bits per heavy atom. The molecule has 0 radical (unpaired) electrons. The zero-order valence-corrected chi connectivity index (χ0v) is 17.1. The predicted octanol–water partition coefficient (Wildman–Crippen LogP) is 4.61. The molecule has 1 fully saturated rings. The molecule has 3 aromatic rings. The van der Waals surface area contributed by atoms with Gasteiger partial charge in [0, 0.05) is 30.6 Å². The number of hydrogen-bond donors (Lipinski definition) is 2. The minimum atomic E-state index is -0.177. The fourth-order valence-corrected chi connectivity index (χ4v) is 4.32. The van der Waals surface area contributed by atoms with E-state index in [0.717, 1.165) is 36.0 Å². The summed E-state index contributed by atoms with van der Waals surface area (Å²) in [5.74, 6) is 1.26. The van der Waals surface area contributed by atoms with Gasteiger partial charge in [0.2, 0.25) is 0 Å². The van der Waals surface area contributed by atoms with Gasteiger partial charge < -0.3 is 14.8 Å². The van der Waals surface area contributed by atoms with Gasteiger partial charge in [0.05, 0.1) is 5.56 Å². The lowest BCUT2D eigenvalue weighted by atomic mass is 9.98. The van der Waals surface area contributed by atoms with E-state index in [0.29, 0.717) is 35.9 Å². The van der Waals surface area contributed by atoms with Crippen molar-refractivity contribution in [2.45, 2.75) is 39.8 Å². The van der Waals surface area contributed by atoms with E-state index in [1.807, 2.05) is 30.3 Å². The van der Waals surface area contributed by atoms with E-state index in [-0.39, 0.29) is 11.7 Å². The fourth-order valence-electron chi connectivity index (χ4n) is 4.32.